The van der Waals surface area contributed by atoms with Gasteiger partial charge >= 0.3 is 0 Å². The Kier molecular flexibility index (Phi) is 2.11. The molecule has 2 rings (SSSR count). The van der Waals surface area contributed by atoms with Crippen LogP contribution >= 0.6 is 0 Å². The minimum Gasteiger partial charge on any atom is -0.299 e. The Morgan fingerprint density at radius 3 is 2.85 bits per heavy atom. The zero-order chi connectivity index (χ0) is 9.31. The van der Waals surface area contributed by atoms with Crippen LogP contribution in [0.5, 0.6) is 0 Å². The Bertz CT molecular complexity index is 262. The molecule has 0 aromatic carbocycles. The van der Waals surface area contributed by atoms with Gasteiger partial charge in [-0.1, -0.05) is 6.42 Å². The molecule has 2 aliphatic carbocycles. The van der Waals surface area contributed by atoms with Crippen LogP contribution in [0.4, 0.5) is 0 Å². The van der Waals surface area contributed by atoms with Crippen molar-refractivity contribution in [3.63, 3.8) is 0 Å². The zero-order valence-corrected chi connectivity index (χ0v) is 7.88. The molecular weight excluding hydrogens is 162 g/mol. The summed E-state index contributed by atoms with van der Waals surface area (Å²) >= 11 is 0. The molecule has 0 aromatic rings. The summed E-state index contributed by atoms with van der Waals surface area (Å²) in [6.07, 6.45) is 6.77. The number of Topliss-reactive ketones (excluding diaryl/α,β-unsaturated/α-hetero) is 1. The average molecular weight is 177 g/mol. The van der Waals surface area contributed by atoms with Gasteiger partial charge in [-0.2, -0.15) is 5.26 Å². The van der Waals surface area contributed by atoms with E-state index < -0.39 is 0 Å². The highest BCUT2D eigenvalue weighted by Crippen LogP contribution is 2.53. The maximum atomic E-state index is 11.8. The van der Waals surface area contributed by atoms with Crippen LogP contribution in [0.25, 0.3) is 0 Å². The third-order valence-corrected chi connectivity index (χ3v) is 3.88. The van der Waals surface area contributed by atoms with Crippen LogP contribution in [-0.2, 0) is 4.79 Å². The Labute approximate surface area is 78.9 Å². The monoisotopic (exact) mass is 177 g/mol. The van der Waals surface area contributed by atoms with Gasteiger partial charge in [0.1, 0.15) is 5.78 Å². The van der Waals surface area contributed by atoms with Crippen LogP contribution in [0.3, 0.4) is 0 Å². The highest BCUT2D eigenvalue weighted by Gasteiger charge is 2.50. The fraction of sp³-hybridized carbons (Fsp3) is 0.818. The molecule has 70 valence electrons. The molecule has 0 saturated heterocycles. The number of hydrogen-bond acceptors (Lipinski definition) is 2. The van der Waals surface area contributed by atoms with E-state index in [2.05, 4.69) is 6.07 Å². The molecule has 2 unspecified atom stereocenters. The van der Waals surface area contributed by atoms with Gasteiger partial charge in [0.2, 0.25) is 0 Å². The summed E-state index contributed by atoms with van der Waals surface area (Å²) in [7, 11) is 0. The molecule has 2 saturated carbocycles. The second-order valence-corrected chi connectivity index (χ2v) is 4.38. The van der Waals surface area contributed by atoms with E-state index in [9.17, 15) is 4.79 Å². The number of nitriles is 1. The number of nitrogens with zero attached hydrogens (tertiary/aromatic N) is 1. The fourth-order valence-electron chi connectivity index (χ4n) is 3.20. The Morgan fingerprint density at radius 1 is 1.46 bits per heavy atom. The van der Waals surface area contributed by atoms with Crippen molar-refractivity contribution in [3.05, 3.63) is 0 Å². The van der Waals surface area contributed by atoms with Crippen molar-refractivity contribution in [1.29, 1.82) is 5.26 Å². The maximum absolute atomic E-state index is 11.8. The number of ketones is 1. The van der Waals surface area contributed by atoms with Crippen molar-refractivity contribution in [2.45, 2.75) is 44.9 Å². The van der Waals surface area contributed by atoms with Crippen LogP contribution in [0.15, 0.2) is 0 Å². The lowest BCUT2D eigenvalue weighted by Crippen LogP contribution is -2.29. The van der Waals surface area contributed by atoms with Crippen molar-refractivity contribution < 1.29 is 4.79 Å². The second kappa shape index (κ2) is 3.14. The summed E-state index contributed by atoms with van der Waals surface area (Å²) in [5.41, 5.74) is -0.0459. The van der Waals surface area contributed by atoms with Gasteiger partial charge in [-0.15, -0.1) is 0 Å². The van der Waals surface area contributed by atoms with Crippen LogP contribution in [0.1, 0.15) is 44.9 Å². The molecule has 2 atom stereocenters. The second-order valence-electron chi connectivity index (χ2n) is 4.38. The van der Waals surface area contributed by atoms with Gasteiger partial charge < -0.3 is 0 Å². The van der Waals surface area contributed by atoms with Crippen molar-refractivity contribution in [3.8, 4) is 6.07 Å². The molecule has 0 radical (unpaired) electrons. The lowest BCUT2D eigenvalue weighted by atomic mass is 9.74. The summed E-state index contributed by atoms with van der Waals surface area (Å²) < 4.78 is 0. The molecule has 1 spiro atoms. The van der Waals surface area contributed by atoms with Crippen molar-refractivity contribution in [2.24, 2.45) is 11.3 Å². The normalized spacial score (nSPS) is 38.4. The van der Waals surface area contributed by atoms with Crippen LogP contribution in [0.2, 0.25) is 0 Å². The molecule has 0 bridgehead atoms. The molecule has 13 heavy (non-hydrogen) atoms. The van der Waals surface area contributed by atoms with E-state index in [0.717, 1.165) is 38.5 Å². The Morgan fingerprint density at radius 2 is 2.23 bits per heavy atom. The van der Waals surface area contributed by atoms with Crippen LogP contribution < -0.4 is 0 Å². The minimum absolute atomic E-state index is 0.0459. The Hall–Kier alpha value is -0.840. The summed E-state index contributed by atoms with van der Waals surface area (Å²) in [6.45, 7) is 0. The zero-order valence-electron chi connectivity index (χ0n) is 7.88. The first-order valence-electron chi connectivity index (χ1n) is 5.20. The van der Waals surface area contributed by atoms with E-state index in [-0.39, 0.29) is 5.41 Å². The van der Waals surface area contributed by atoms with Crippen molar-refractivity contribution in [1.82, 2.24) is 0 Å². The summed E-state index contributed by atoms with van der Waals surface area (Å²) in [6, 6.07) is 2.23. The van der Waals surface area contributed by atoms with Crippen molar-refractivity contribution >= 4 is 5.78 Å². The van der Waals surface area contributed by atoms with E-state index in [1.165, 1.54) is 0 Å². The van der Waals surface area contributed by atoms with Gasteiger partial charge in [0, 0.05) is 18.3 Å². The van der Waals surface area contributed by atoms with E-state index in [1.807, 2.05) is 0 Å². The molecule has 2 heteroatoms. The first kappa shape index (κ1) is 8.74. The van der Waals surface area contributed by atoms with Gasteiger partial charge in [-0.05, 0) is 31.6 Å². The number of carbonyl (C=O) groups is 1. The van der Waals surface area contributed by atoms with Gasteiger partial charge in [-0.25, -0.2) is 0 Å². The van der Waals surface area contributed by atoms with E-state index in [0.29, 0.717) is 18.1 Å². The number of carbonyl (C=O) groups excluding carboxylic acids is 1. The van der Waals surface area contributed by atoms with Gasteiger partial charge in [0.05, 0.1) is 6.07 Å². The predicted molar refractivity (Wildman–Crippen MR) is 48.9 cm³/mol. The smallest absolute Gasteiger partial charge is 0.139 e. The maximum Gasteiger partial charge on any atom is 0.139 e. The first-order valence-corrected chi connectivity index (χ1v) is 5.20. The molecule has 0 aromatic heterocycles. The lowest BCUT2D eigenvalue weighted by molar-refractivity contribution is -0.127. The van der Waals surface area contributed by atoms with Gasteiger partial charge in [0.15, 0.2) is 0 Å². The van der Waals surface area contributed by atoms with Crippen LogP contribution in [-0.4, -0.2) is 5.78 Å². The highest BCUT2D eigenvalue weighted by molar-refractivity contribution is 5.87. The SMILES string of the molecule is N#CCC1CCCC12CCCC2=O. The highest BCUT2D eigenvalue weighted by atomic mass is 16.1. The predicted octanol–water partition coefficient (Wildman–Crippen LogP) is 2.44. The molecule has 0 N–H and O–H groups in total. The lowest BCUT2D eigenvalue weighted by Gasteiger charge is -2.27. The largest absolute Gasteiger partial charge is 0.299 e. The summed E-state index contributed by atoms with van der Waals surface area (Å²) in [5.74, 6) is 0.831. The third kappa shape index (κ3) is 1.18. The quantitative estimate of drug-likeness (QED) is 0.617. The molecule has 2 nitrogen and oxygen atoms in total. The Balaban J connectivity index is 2.20. The molecule has 2 fully saturated rings. The first-order chi connectivity index (χ1) is 6.29. The molecule has 2 aliphatic rings. The van der Waals surface area contributed by atoms with Crippen LogP contribution in [0, 0.1) is 22.7 Å². The van der Waals surface area contributed by atoms with E-state index in [4.69, 9.17) is 5.26 Å². The van der Waals surface area contributed by atoms with E-state index in [1.54, 1.807) is 0 Å². The number of hydrogen-bond donors (Lipinski definition) is 0. The summed E-state index contributed by atoms with van der Waals surface area (Å²) in [5, 5.41) is 8.70. The minimum atomic E-state index is -0.0459. The molecular formula is C11H15NO. The standard InChI is InChI=1S/C11H15NO/c12-8-5-9-3-1-6-11(9)7-2-4-10(11)13/h9H,1-7H2. The average Bonchev–Trinajstić information content (AvgIpc) is 2.65. The third-order valence-electron chi connectivity index (χ3n) is 3.88. The topological polar surface area (TPSA) is 40.9 Å². The number of rotatable bonds is 1. The fourth-order valence-corrected chi connectivity index (χ4v) is 3.20. The van der Waals surface area contributed by atoms with Gasteiger partial charge in [0.25, 0.3) is 0 Å². The summed E-state index contributed by atoms with van der Waals surface area (Å²) in [4.78, 5) is 11.8. The molecule has 0 heterocycles. The van der Waals surface area contributed by atoms with Crippen molar-refractivity contribution in [2.75, 3.05) is 0 Å². The molecule has 0 aliphatic heterocycles. The van der Waals surface area contributed by atoms with E-state index >= 15 is 0 Å². The van der Waals surface area contributed by atoms with Gasteiger partial charge in [-0.3, -0.25) is 4.79 Å². The molecule has 0 amide bonds.